The van der Waals surface area contributed by atoms with Gasteiger partial charge in [-0.1, -0.05) is 29.1 Å². The molecule has 0 amide bonds. The van der Waals surface area contributed by atoms with Gasteiger partial charge in [0.05, 0.1) is 0 Å². The minimum Gasteiger partial charge on any atom is -0.329 e. The highest BCUT2D eigenvalue weighted by atomic mass is 32.2. The Morgan fingerprint density at radius 2 is 2.10 bits per heavy atom. The summed E-state index contributed by atoms with van der Waals surface area (Å²) in [5, 5.41) is 5.21. The van der Waals surface area contributed by atoms with Crippen LogP contribution in [0.5, 0.6) is 0 Å². The number of thiazole rings is 1. The van der Waals surface area contributed by atoms with Gasteiger partial charge in [0.2, 0.25) is 5.82 Å². The van der Waals surface area contributed by atoms with Crippen LogP contribution >= 0.6 is 23.1 Å². The highest BCUT2D eigenvalue weighted by Crippen LogP contribution is 2.33. The van der Waals surface area contributed by atoms with Crippen molar-refractivity contribution >= 4 is 23.1 Å². The predicted molar refractivity (Wildman–Crippen MR) is 71.0 cm³/mol. The Balaban J connectivity index is 1.87. The molecule has 9 heteroatoms. The van der Waals surface area contributed by atoms with E-state index in [0.29, 0.717) is 5.56 Å². The fraction of sp³-hybridized carbons (Fsp3) is 0.0833. The van der Waals surface area contributed by atoms with Crippen molar-refractivity contribution in [3.05, 3.63) is 41.7 Å². The van der Waals surface area contributed by atoms with Crippen molar-refractivity contribution in [1.29, 1.82) is 0 Å². The molecule has 0 atom stereocenters. The lowest BCUT2D eigenvalue weighted by Gasteiger charge is -2.00. The summed E-state index contributed by atoms with van der Waals surface area (Å²) in [6.45, 7) is 0. The number of rotatable bonds is 3. The molecule has 0 aliphatic heterocycles. The molecule has 0 N–H and O–H groups in total. The Hall–Kier alpha value is -1.87. The third-order valence-electron chi connectivity index (χ3n) is 2.38. The van der Waals surface area contributed by atoms with Crippen LogP contribution in [0.4, 0.5) is 13.2 Å². The van der Waals surface area contributed by atoms with Crippen LogP contribution < -0.4 is 0 Å². The fourth-order valence-corrected chi connectivity index (χ4v) is 3.17. The Morgan fingerprint density at radius 1 is 1.24 bits per heavy atom. The van der Waals surface area contributed by atoms with Crippen LogP contribution in [0, 0.1) is 0 Å². The van der Waals surface area contributed by atoms with Crippen LogP contribution in [0.25, 0.3) is 11.4 Å². The van der Waals surface area contributed by atoms with Gasteiger partial charge in [0, 0.05) is 22.0 Å². The lowest BCUT2D eigenvalue weighted by molar-refractivity contribution is -0.159. The lowest BCUT2D eigenvalue weighted by Crippen LogP contribution is -2.04. The Bertz CT molecular complexity index is 740. The molecule has 2 aromatic heterocycles. The van der Waals surface area contributed by atoms with Crippen molar-refractivity contribution < 1.29 is 17.7 Å². The van der Waals surface area contributed by atoms with Crippen molar-refractivity contribution in [2.45, 2.75) is 15.4 Å². The molecule has 21 heavy (non-hydrogen) atoms. The summed E-state index contributed by atoms with van der Waals surface area (Å²) < 4.78 is 42.4. The van der Waals surface area contributed by atoms with Crippen molar-refractivity contribution in [2.75, 3.05) is 0 Å². The first-order chi connectivity index (χ1) is 10.0. The summed E-state index contributed by atoms with van der Waals surface area (Å²) >= 11 is 2.89. The number of nitrogens with zero attached hydrogens (tertiary/aromatic N) is 3. The maximum absolute atomic E-state index is 12.4. The van der Waals surface area contributed by atoms with E-state index in [0.717, 1.165) is 9.24 Å². The Labute approximate surface area is 125 Å². The molecule has 2 heterocycles. The molecule has 0 bridgehead atoms. The molecule has 3 aromatic rings. The van der Waals surface area contributed by atoms with E-state index in [4.69, 9.17) is 0 Å². The molecule has 0 aliphatic rings. The summed E-state index contributed by atoms with van der Waals surface area (Å²) in [6.07, 6.45) is -2.95. The summed E-state index contributed by atoms with van der Waals surface area (Å²) in [4.78, 5) is 8.33. The van der Waals surface area contributed by atoms with Gasteiger partial charge in [-0.2, -0.15) is 18.2 Å². The minimum atomic E-state index is -4.64. The van der Waals surface area contributed by atoms with Gasteiger partial charge in [0.25, 0.3) is 0 Å². The molecule has 0 spiro atoms. The maximum Gasteiger partial charge on any atom is 0.471 e. The molecule has 108 valence electrons. The monoisotopic (exact) mass is 329 g/mol. The van der Waals surface area contributed by atoms with Crippen molar-refractivity contribution in [1.82, 2.24) is 15.1 Å². The molecule has 0 unspecified atom stereocenters. The second-order valence-electron chi connectivity index (χ2n) is 3.85. The maximum atomic E-state index is 12.4. The van der Waals surface area contributed by atoms with E-state index in [1.165, 1.54) is 23.1 Å². The first-order valence-corrected chi connectivity index (χ1v) is 7.31. The zero-order valence-electron chi connectivity index (χ0n) is 10.2. The fourth-order valence-electron chi connectivity index (χ4n) is 1.52. The third-order valence-corrected chi connectivity index (χ3v) is 4.25. The molecule has 0 aliphatic carbocycles. The molecule has 4 nitrogen and oxygen atoms in total. The van der Waals surface area contributed by atoms with Crippen LogP contribution in [-0.2, 0) is 6.18 Å². The largest absolute Gasteiger partial charge is 0.471 e. The number of benzene rings is 1. The van der Waals surface area contributed by atoms with Gasteiger partial charge in [-0.05, 0) is 12.1 Å². The molecule has 0 radical (unpaired) electrons. The SMILES string of the molecule is FC(F)(F)c1nc(-c2cccc(Sc3nccs3)c2)no1. The van der Waals surface area contributed by atoms with Gasteiger partial charge in [-0.15, -0.1) is 11.3 Å². The van der Waals surface area contributed by atoms with Crippen molar-refractivity contribution in [3.8, 4) is 11.4 Å². The second kappa shape index (κ2) is 5.49. The van der Waals surface area contributed by atoms with Gasteiger partial charge in [-0.3, -0.25) is 0 Å². The Kier molecular flexibility index (Phi) is 3.68. The van der Waals surface area contributed by atoms with E-state index in [1.807, 2.05) is 11.4 Å². The second-order valence-corrected chi connectivity index (χ2v) is 6.06. The Morgan fingerprint density at radius 3 is 2.76 bits per heavy atom. The molecular weight excluding hydrogens is 323 g/mol. The van der Waals surface area contributed by atoms with Crippen LogP contribution in [-0.4, -0.2) is 15.1 Å². The van der Waals surface area contributed by atoms with Crippen molar-refractivity contribution in [3.63, 3.8) is 0 Å². The van der Waals surface area contributed by atoms with E-state index in [2.05, 4.69) is 19.6 Å². The topological polar surface area (TPSA) is 51.8 Å². The zero-order valence-corrected chi connectivity index (χ0v) is 11.8. The highest BCUT2D eigenvalue weighted by Gasteiger charge is 2.38. The molecule has 3 rings (SSSR count). The summed E-state index contributed by atoms with van der Waals surface area (Å²) in [5.74, 6) is -1.45. The van der Waals surface area contributed by atoms with E-state index >= 15 is 0 Å². The molecule has 0 fully saturated rings. The van der Waals surface area contributed by atoms with E-state index < -0.39 is 12.1 Å². The van der Waals surface area contributed by atoms with Gasteiger partial charge >= 0.3 is 12.1 Å². The minimum absolute atomic E-state index is 0.0936. The lowest BCUT2D eigenvalue weighted by atomic mass is 10.2. The van der Waals surface area contributed by atoms with Crippen molar-refractivity contribution in [2.24, 2.45) is 0 Å². The highest BCUT2D eigenvalue weighted by molar-refractivity contribution is 8.01. The smallest absolute Gasteiger partial charge is 0.329 e. The number of alkyl halides is 3. The van der Waals surface area contributed by atoms with Gasteiger partial charge < -0.3 is 4.52 Å². The third kappa shape index (κ3) is 3.24. The molecular formula is C12H6F3N3OS2. The average Bonchev–Trinajstić information content (AvgIpc) is 3.09. The standard InChI is InChI=1S/C12H6F3N3OS2/c13-12(14,15)10-17-9(18-19-10)7-2-1-3-8(6-7)21-11-16-4-5-20-11/h1-6H. The quantitative estimate of drug-likeness (QED) is 0.714. The average molecular weight is 329 g/mol. The summed E-state index contributed by atoms with van der Waals surface area (Å²) in [5.41, 5.74) is 0.454. The van der Waals surface area contributed by atoms with Crippen LogP contribution in [0.15, 0.2) is 49.6 Å². The van der Waals surface area contributed by atoms with Gasteiger partial charge in [0.1, 0.15) is 0 Å². The van der Waals surface area contributed by atoms with Gasteiger partial charge in [-0.25, -0.2) is 4.98 Å². The first-order valence-electron chi connectivity index (χ1n) is 5.61. The summed E-state index contributed by atoms with van der Waals surface area (Å²) in [6, 6.07) is 6.86. The van der Waals surface area contributed by atoms with E-state index in [-0.39, 0.29) is 5.82 Å². The summed E-state index contributed by atoms with van der Waals surface area (Å²) in [7, 11) is 0. The zero-order chi connectivity index (χ0) is 14.9. The number of halogens is 3. The predicted octanol–water partition coefficient (Wildman–Crippen LogP) is 4.36. The van der Waals surface area contributed by atoms with E-state index in [9.17, 15) is 13.2 Å². The molecule has 1 aromatic carbocycles. The number of aromatic nitrogens is 3. The number of hydrogen-bond acceptors (Lipinski definition) is 6. The van der Waals surface area contributed by atoms with Gasteiger partial charge in [0.15, 0.2) is 4.34 Å². The van der Waals surface area contributed by atoms with E-state index in [1.54, 1.807) is 24.4 Å². The molecule has 0 saturated heterocycles. The van der Waals surface area contributed by atoms with Crippen LogP contribution in [0.3, 0.4) is 0 Å². The van der Waals surface area contributed by atoms with Crippen LogP contribution in [0.1, 0.15) is 5.89 Å². The van der Waals surface area contributed by atoms with Crippen LogP contribution in [0.2, 0.25) is 0 Å². The number of hydrogen-bond donors (Lipinski definition) is 0. The first kappa shape index (κ1) is 14.1. The normalized spacial score (nSPS) is 11.8. The molecule has 0 saturated carbocycles.